The van der Waals surface area contributed by atoms with E-state index in [9.17, 15) is 19.6 Å². The van der Waals surface area contributed by atoms with Gasteiger partial charge in [-0.15, -0.1) is 0 Å². The third kappa shape index (κ3) is 3.37. The smallest absolute Gasteiger partial charge is 0.325 e. The van der Waals surface area contributed by atoms with Crippen LogP contribution >= 0.6 is 11.6 Å². The van der Waals surface area contributed by atoms with Crippen LogP contribution in [0.1, 0.15) is 44.6 Å². The molecule has 1 aromatic rings. The highest BCUT2D eigenvalue weighted by atomic mass is 35.5. The molecule has 3 rings (SSSR count). The molecule has 2 aliphatic rings. The number of rotatable bonds is 5. The van der Waals surface area contributed by atoms with Crippen LogP contribution in [0.3, 0.4) is 0 Å². The fraction of sp³-hybridized carbons (Fsp3) is 0.474. The lowest BCUT2D eigenvalue weighted by molar-refractivity contribution is -0.135. The van der Waals surface area contributed by atoms with E-state index in [4.69, 9.17) is 11.6 Å². The standard InChI is InChI=1S/C19H21ClN4O3/c1-2-19(13-5-7-14(20)8-6-13)16(26)24(17(27)23-19)11-15(25)22-18(12-21)9-3-4-10-18/h5-8H,2-4,9-11H2,1H3,(H,22,25)(H,23,27). The number of nitrogens with one attached hydrogen (secondary N) is 2. The minimum atomic E-state index is -1.22. The number of amides is 4. The van der Waals surface area contributed by atoms with Crippen molar-refractivity contribution in [3.8, 4) is 6.07 Å². The number of hydrogen-bond acceptors (Lipinski definition) is 4. The van der Waals surface area contributed by atoms with E-state index in [0.29, 0.717) is 29.8 Å². The lowest BCUT2D eigenvalue weighted by atomic mass is 9.87. The van der Waals surface area contributed by atoms with Gasteiger partial charge in [-0.3, -0.25) is 14.5 Å². The molecule has 1 atom stereocenters. The Balaban J connectivity index is 1.78. The highest BCUT2D eigenvalue weighted by Crippen LogP contribution is 2.33. The number of halogens is 1. The molecule has 0 bridgehead atoms. The molecule has 1 aliphatic carbocycles. The quantitative estimate of drug-likeness (QED) is 0.756. The molecule has 1 saturated carbocycles. The highest BCUT2D eigenvalue weighted by molar-refractivity contribution is 6.30. The number of imide groups is 1. The lowest BCUT2D eigenvalue weighted by Gasteiger charge is -2.26. The monoisotopic (exact) mass is 388 g/mol. The second-order valence-electron chi connectivity index (χ2n) is 7.04. The maximum Gasteiger partial charge on any atom is 0.325 e. The summed E-state index contributed by atoms with van der Waals surface area (Å²) in [5.74, 6) is -0.991. The molecule has 1 heterocycles. The zero-order valence-electron chi connectivity index (χ0n) is 15.0. The number of hydrogen-bond donors (Lipinski definition) is 2. The maximum atomic E-state index is 13.0. The van der Waals surface area contributed by atoms with Gasteiger partial charge in [0.15, 0.2) is 0 Å². The molecule has 1 aliphatic heterocycles. The Morgan fingerprint density at radius 2 is 1.93 bits per heavy atom. The Hall–Kier alpha value is -2.59. The van der Waals surface area contributed by atoms with Gasteiger partial charge in [-0.25, -0.2) is 4.79 Å². The summed E-state index contributed by atoms with van der Waals surface area (Å²) in [7, 11) is 0. The van der Waals surface area contributed by atoms with Crippen LogP contribution < -0.4 is 10.6 Å². The molecule has 1 aromatic carbocycles. The van der Waals surface area contributed by atoms with Gasteiger partial charge >= 0.3 is 6.03 Å². The molecule has 2 fully saturated rings. The molecule has 8 heteroatoms. The van der Waals surface area contributed by atoms with Crippen LogP contribution in [0.15, 0.2) is 24.3 Å². The Kier molecular flexibility index (Phi) is 5.11. The number of carbonyl (C=O) groups is 3. The van der Waals surface area contributed by atoms with Crippen molar-refractivity contribution < 1.29 is 14.4 Å². The van der Waals surface area contributed by atoms with Gasteiger partial charge in [-0.2, -0.15) is 5.26 Å². The van der Waals surface area contributed by atoms with Crippen LogP contribution in [0, 0.1) is 11.3 Å². The summed E-state index contributed by atoms with van der Waals surface area (Å²) in [5.41, 5.74) is -1.50. The van der Waals surface area contributed by atoms with Crippen LogP contribution in [0.2, 0.25) is 5.02 Å². The van der Waals surface area contributed by atoms with Crippen LogP contribution in [-0.2, 0) is 15.1 Å². The first kappa shape index (κ1) is 19.2. The van der Waals surface area contributed by atoms with Crippen LogP contribution in [0.25, 0.3) is 0 Å². The molecular formula is C19H21ClN4O3. The van der Waals surface area contributed by atoms with Crippen molar-refractivity contribution in [3.05, 3.63) is 34.9 Å². The topological polar surface area (TPSA) is 102 Å². The van der Waals surface area contributed by atoms with E-state index in [-0.39, 0.29) is 0 Å². The van der Waals surface area contributed by atoms with Crippen molar-refractivity contribution in [1.82, 2.24) is 15.5 Å². The zero-order valence-corrected chi connectivity index (χ0v) is 15.8. The van der Waals surface area contributed by atoms with Crippen molar-refractivity contribution in [1.29, 1.82) is 5.26 Å². The molecule has 2 N–H and O–H groups in total. The SMILES string of the molecule is CCC1(c2ccc(Cl)cc2)NC(=O)N(CC(=O)NC2(C#N)CCCC2)C1=O. The second kappa shape index (κ2) is 7.20. The third-order valence-electron chi connectivity index (χ3n) is 5.39. The number of nitriles is 1. The Bertz CT molecular complexity index is 811. The molecule has 1 unspecified atom stereocenters. The van der Waals surface area contributed by atoms with Crippen molar-refractivity contribution in [2.75, 3.05) is 6.54 Å². The first-order valence-electron chi connectivity index (χ1n) is 8.98. The second-order valence-corrected chi connectivity index (χ2v) is 7.47. The van der Waals surface area contributed by atoms with Gasteiger partial charge in [0.25, 0.3) is 5.91 Å². The van der Waals surface area contributed by atoms with E-state index in [2.05, 4.69) is 16.7 Å². The van der Waals surface area contributed by atoms with Gasteiger partial charge in [-0.1, -0.05) is 30.7 Å². The van der Waals surface area contributed by atoms with Crippen molar-refractivity contribution in [2.45, 2.75) is 50.1 Å². The Labute approximate surface area is 162 Å². The molecule has 27 heavy (non-hydrogen) atoms. The summed E-state index contributed by atoms with van der Waals surface area (Å²) in [4.78, 5) is 38.8. The van der Waals surface area contributed by atoms with E-state index < -0.39 is 35.5 Å². The number of urea groups is 1. The Morgan fingerprint density at radius 1 is 1.30 bits per heavy atom. The van der Waals surface area contributed by atoms with Gasteiger partial charge in [0.05, 0.1) is 6.07 Å². The van der Waals surface area contributed by atoms with Crippen LogP contribution in [0.4, 0.5) is 4.79 Å². The molecule has 7 nitrogen and oxygen atoms in total. The van der Waals surface area contributed by atoms with Crippen molar-refractivity contribution >= 4 is 29.4 Å². The van der Waals surface area contributed by atoms with Gasteiger partial charge in [0, 0.05) is 5.02 Å². The van der Waals surface area contributed by atoms with Gasteiger partial charge in [-0.05, 0) is 49.8 Å². The average molecular weight is 389 g/mol. The predicted molar refractivity (Wildman–Crippen MR) is 98.6 cm³/mol. The number of benzene rings is 1. The number of nitrogens with zero attached hydrogens (tertiary/aromatic N) is 2. The largest absolute Gasteiger partial charge is 0.336 e. The van der Waals surface area contributed by atoms with Gasteiger partial charge in [0.1, 0.15) is 17.6 Å². The molecule has 0 spiro atoms. The molecule has 0 aromatic heterocycles. The average Bonchev–Trinajstić information content (AvgIpc) is 3.21. The van der Waals surface area contributed by atoms with Crippen LogP contribution in [0.5, 0.6) is 0 Å². The highest BCUT2D eigenvalue weighted by Gasteiger charge is 2.52. The van der Waals surface area contributed by atoms with Crippen LogP contribution in [-0.4, -0.2) is 34.8 Å². The zero-order chi connectivity index (χ0) is 19.7. The fourth-order valence-electron chi connectivity index (χ4n) is 3.84. The Morgan fingerprint density at radius 3 is 2.48 bits per heavy atom. The molecule has 0 radical (unpaired) electrons. The van der Waals surface area contributed by atoms with Crippen molar-refractivity contribution in [2.24, 2.45) is 0 Å². The van der Waals surface area contributed by atoms with E-state index in [1.165, 1.54) is 0 Å². The van der Waals surface area contributed by atoms with Gasteiger partial charge in [0.2, 0.25) is 5.91 Å². The molecule has 142 valence electrons. The molecular weight excluding hydrogens is 368 g/mol. The fourth-order valence-corrected chi connectivity index (χ4v) is 3.96. The summed E-state index contributed by atoms with van der Waals surface area (Å²) in [6.45, 7) is 1.38. The first-order valence-corrected chi connectivity index (χ1v) is 9.36. The minimum Gasteiger partial charge on any atom is -0.336 e. The molecule has 1 saturated heterocycles. The maximum absolute atomic E-state index is 13.0. The lowest BCUT2D eigenvalue weighted by Crippen LogP contribution is -2.50. The third-order valence-corrected chi connectivity index (χ3v) is 5.65. The summed E-state index contributed by atoms with van der Waals surface area (Å²) in [6, 6.07) is 8.23. The molecule has 4 amide bonds. The van der Waals surface area contributed by atoms with E-state index >= 15 is 0 Å². The minimum absolute atomic E-state index is 0.333. The van der Waals surface area contributed by atoms with Gasteiger partial charge < -0.3 is 10.6 Å². The summed E-state index contributed by atoms with van der Waals surface area (Å²) in [6.07, 6.45) is 3.23. The summed E-state index contributed by atoms with van der Waals surface area (Å²) >= 11 is 5.92. The summed E-state index contributed by atoms with van der Waals surface area (Å²) in [5, 5.41) is 15.3. The first-order chi connectivity index (χ1) is 12.9. The van der Waals surface area contributed by atoms with E-state index in [1.54, 1.807) is 31.2 Å². The number of carbonyl (C=O) groups excluding carboxylic acids is 3. The predicted octanol–water partition coefficient (Wildman–Crippen LogP) is 2.45. The normalized spacial score (nSPS) is 23.8. The van der Waals surface area contributed by atoms with Crippen molar-refractivity contribution in [3.63, 3.8) is 0 Å². The van der Waals surface area contributed by atoms with E-state index in [1.807, 2.05) is 0 Å². The summed E-state index contributed by atoms with van der Waals surface area (Å²) < 4.78 is 0. The van der Waals surface area contributed by atoms with E-state index in [0.717, 1.165) is 17.7 Å².